The zero-order valence-electron chi connectivity index (χ0n) is 17.1. The van der Waals surface area contributed by atoms with Crippen LogP contribution in [0.25, 0.3) is 10.9 Å². The lowest BCUT2D eigenvalue weighted by atomic mass is 9.71. The maximum absolute atomic E-state index is 13.0. The molecule has 2 unspecified atom stereocenters. The summed E-state index contributed by atoms with van der Waals surface area (Å²) in [6.07, 6.45) is 0.738. The van der Waals surface area contributed by atoms with Gasteiger partial charge in [0.1, 0.15) is 5.52 Å². The molecule has 2 aromatic rings. The Morgan fingerprint density at radius 3 is 1.94 bits per heavy atom. The molecule has 32 heavy (non-hydrogen) atoms. The first-order valence-corrected chi connectivity index (χ1v) is 9.67. The molecule has 1 aromatic heterocycles. The second kappa shape index (κ2) is 6.57. The Labute approximate surface area is 179 Å². The van der Waals surface area contributed by atoms with E-state index in [4.69, 9.17) is 0 Å². The SMILES string of the molecule is CN1C2CCCC1C(O)(O)C(O)(NC(=O)c1nn(C)c3c(O)c(O)c(O)c(O)c13)C2(O)O. The molecule has 2 atom stereocenters. The van der Waals surface area contributed by atoms with Gasteiger partial charge >= 0.3 is 0 Å². The van der Waals surface area contributed by atoms with Crippen molar-refractivity contribution in [3.63, 3.8) is 0 Å². The number of phenolic OH excluding ortho intramolecular Hbond substituents is 4. The third-order valence-electron chi connectivity index (χ3n) is 6.62. The number of hydrogen-bond acceptors (Lipinski definition) is 12. The Balaban J connectivity index is 1.85. The molecular formula is C18H24N4O10. The first-order valence-electron chi connectivity index (χ1n) is 9.67. The predicted molar refractivity (Wildman–Crippen MR) is 103 cm³/mol. The third-order valence-corrected chi connectivity index (χ3v) is 6.62. The number of aliphatic hydroxyl groups is 5. The lowest BCUT2D eigenvalue weighted by Crippen LogP contribution is -2.89. The second-order valence-electron chi connectivity index (χ2n) is 8.34. The van der Waals surface area contributed by atoms with Gasteiger partial charge in [-0.2, -0.15) is 5.10 Å². The largest absolute Gasteiger partial charge is 0.504 e. The van der Waals surface area contributed by atoms with E-state index in [1.807, 2.05) is 0 Å². The molecule has 14 nitrogen and oxygen atoms in total. The number of carbonyl (C=O) groups is 1. The summed E-state index contributed by atoms with van der Waals surface area (Å²) in [5, 5.41) is 99.0. The first kappa shape index (κ1) is 22.3. The van der Waals surface area contributed by atoms with Crippen LogP contribution in [0.4, 0.5) is 0 Å². The monoisotopic (exact) mass is 456 g/mol. The van der Waals surface area contributed by atoms with Gasteiger partial charge < -0.3 is 51.3 Å². The highest BCUT2D eigenvalue weighted by atomic mass is 16.6. The lowest BCUT2D eigenvalue weighted by molar-refractivity contribution is -0.443. The third kappa shape index (κ3) is 2.49. The zero-order valence-corrected chi connectivity index (χ0v) is 17.1. The number of fused-ring (bicyclic) bond motifs is 3. The van der Waals surface area contributed by atoms with E-state index in [9.17, 15) is 50.8 Å². The van der Waals surface area contributed by atoms with Crippen LogP contribution in [0.2, 0.25) is 0 Å². The Morgan fingerprint density at radius 1 is 0.906 bits per heavy atom. The molecule has 4 rings (SSSR count). The fraction of sp³-hybridized carbons (Fsp3) is 0.556. The molecule has 0 saturated carbocycles. The minimum atomic E-state index is -3.40. The number of hydrogen-bond donors (Lipinski definition) is 10. The van der Waals surface area contributed by atoms with E-state index in [-0.39, 0.29) is 18.4 Å². The molecule has 0 radical (unpaired) electrons. The number of nitrogens with one attached hydrogen (secondary N) is 1. The molecule has 0 aliphatic carbocycles. The van der Waals surface area contributed by atoms with Gasteiger partial charge in [0.25, 0.3) is 11.6 Å². The Kier molecular flexibility index (Phi) is 4.58. The van der Waals surface area contributed by atoms with E-state index in [0.717, 1.165) is 4.68 Å². The van der Waals surface area contributed by atoms with Crippen molar-refractivity contribution in [2.45, 2.75) is 48.6 Å². The van der Waals surface area contributed by atoms with Gasteiger partial charge in [0, 0.05) is 7.05 Å². The minimum Gasteiger partial charge on any atom is -0.504 e. The number of aryl methyl sites for hydroxylation is 1. The van der Waals surface area contributed by atoms with E-state index in [1.54, 1.807) is 5.32 Å². The number of amides is 1. The molecule has 1 aromatic carbocycles. The molecule has 0 spiro atoms. The number of phenols is 4. The number of nitrogens with zero attached hydrogens (tertiary/aromatic N) is 3. The van der Waals surface area contributed by atoms with Crippen molar-refractivity contribution in [1.29, 1.82) is 0 Å². The normalized spacial score (nSPS) is 29.2. The smallest absolute Gasteiger partial charge is 0.275 e. The molecule has 2 aliphatic rings. The van der Waals surface area contributed by atoms with E-state index in [1.165, 1.54) is 19.0 Å². The Morgan fingerprint density at radius 2 is 1.41 bits per heavy atom. The molecule has 14 heteroatoms. The summed E-state index contributed by atoms with van der Waals surface area (Å²) in [6.45, 7) is 0. The Bertz CT molecular complexity index is 1100. The summed E-state index contributed by atoms with van der Waals surface area (Å²) in [5.41, 5.74) is -4.50. The maximum atomic E-state index is 13.0. The summed E-state index contributed by atoms with van der Waals surface area (Å²) in [6, 6.07) is -2.34. The van der Waals surface area contributed by atoms with Gasteiger partial charge in [0.15, 0.2) is 17.2 Å². The predicted octanol–water partition coefficient (Wildman–Crippen LogP) is -2.96. The van der Waals surface area contributed by atoms with Crippen molar-refractivity contribution in [2.75, 3.05) is 7.05 Å². The van der Waals surface area contributed by atoms with Crippen LogP contribution in [-0.4, -0.2) is 103 Å². The van der Waals surface area contributed by atoms with Crippen LogP contribution < -0.4 is 5.32 Å². The molecule has 10 N–H and O–H groups in total. The van der Waals surface area contributed by atoms with Crippen LogP contribution in [0.3, 0.4) is 0 Å². The van der Waals surface area contributed by atoms with E-state index in [2.05, 4.69) is 5.10 Å². The van der Waals surface area contributed by atoms with Gasteiger partial charge in [-0.25, -0.2) is 0 Å². The quantitative estimate of drug-likeness (QED) is 0.124. The van der Waals surface area contributed by atoms with Crippen LogP contribution in [0.5, 0.6) is 23.0 Å². The second-order valence-corrected chi connectivity index (χ2v) is 8.34. The standard InChI is InChI=1S/C18H24N4O10/c1-21-6-4-3-5-7(21)17(30,31)18(32,16(6,28)29)19-15(27)9-8-10(22(2)20-9)12(24)14(26)13(25)11(8)23/h6-7,23-26,28-32H,3-5H2,1-2H3,(H,19,27). The van der Waals surface area contributed by atoms with Crippen LogP contribution in [0.15, 0.2) is 0 Å². The maximum Gasteiger partial charge on any atom is 0.275 e. The topological polar surface area (TPSA) is 232 Å². The van der Waals surface area contributed by atoms with Gasteiger partial charge in [0.05, 0.1) is 17.5 Å². The number of carbonyl (C=O) groups excluding carboxylic acids is 1. The molecule has 2 fully saturated rings. The lowest BCUT2D eigenvalue weighted by Gasteiger charge is -2.62. The van der Waals surface area contributed by atoms with Gasteiger partial charge in [-0.05, 0) is 26.3 Å². The van der Waals surface area contributed by atoms with Crippen molar-refractivity contribution in [2.24, 2.45) is 7.05 Å². The van der Waals surface area contributed by atoms with E-state index >= 15 is 0 Å². The van der Waals surface area contributed by atoms with Crippen LogP contribution in [0.1, 0.15) is 29.8 Å². The number of aromatic nitrogens is 2. The number of aromatic hydroxyl groups is 4. The van der Waals surface area contributed by atoms with Crippen LogP contribution in [0, 0.1) is 0 Å². The minimum absolute atomic E-state index is 0.169. The number of piperidine rings is 2. The first-order chi connectivity index (χ1) is 14.7. The van der Waals surface area contributed by atoms with Gasteiger partial charge in [-0.15, -0.1) is 0 Å². The van der Waals surface area contributed by atoms with Crippen LogP contribution in [-0.2, 0) is 7.05 Å². The molecule has 1 amide bonds. The van der Waals surface area contributed by atoms with Crippen molar-refractivity contribution in [3.05, 3.63) is 5.69 Å². The molecule has 2 aliphatic heterocycles. The molecular weight excluding hydrogens is 432 g/mol. The highest BCUT2D eigenvalue weighted by molar-refractivity contribution is 6.10. The number of benzene rings is 1. The highest BCUT2D eigenvalue weighted by Gasteiger charge is 2.74. The zero-order chi connectivity index (χ0) is 24.0. The summed E-state index contributed by atoms with van der Waals surface area (Å²) in [4.78, 5) is 14.3. The average Bonchev–Trinajstić information content (AvgIpc) is 3.06. The highest BCUT2D eigenvalue weighted by Crippen LogP contribution is 2.50. The van der Waals surface area contributed by atoms with Gasteiger partial charge in [-0.1, -0.05) is 0 Å². The van der Waals surface area contributed by atoms with E-state index < -0.39 is 69.4 Å². The van der Waals surface area contributed by atoms with E-state index in [0.29, 0.717) is 6.42 Å². The summed E-state index contributed by atoms with van der Waals surface area (Å²) in [7, 11) is 2.65. The average molecular weight is 456 g/mol. The fourth-order valence-electron chi connectivity index (χ4n) is 4.89. The summed E-state index contributed by atoms with van der Waals surface area (Å²) < 4.78 is 0.877. The molecule has 2 bridgehead atoms. The van der Waals surface area contributed by atoms with Crippen molar-refractivity contribution in [1.82, 2.24) is 20.0 Å². The summed E-state index contributed by atoms with van der Waals surface area (Å²) >= 11 is 0. The van der Waals surface area contributed by atoms with Crippen molar-refractivity contribution in [3.8, 4) is 23.0 Å². The molecule has 2 saturated heterocycles. The summed E-state index contributed by atoms with van der Waals surface area (Å²) in [5.74, 6) is -12.0. The number of likely N-dealkylation sites (N-methyl/N-ethyl adjacent to an activating group) is 1. The van der Waals surface area contributed by atoms with Crippen LogP contribution >= 0.6 is 0 Å². The fourth-order valence-corrected chi connectivity index (χ4v) is 4.89. The molecule has 3 heterocycles. The van der Waals surface area contributed by atoms with Gasteiger partial charge in [0.2, 0.25) is 23.1 Å². The number of rotatable bonds is 2. The van der Waals surface area contributed by atoms with Crippen molar-refractivity contribution < 1.29 is 50.8 Å². The van der Waals surface area contributed by atoms with Gasteiger partial charge in [-0.3, -0.25) is 14.4 Å². The van der Waals surface area contributed by atoms with Crippen molar-refractivity contribution >= 4 is 16.8 Å². The Hall–Kier alpha value is -2.88. The molecule has 176 valence electrons.